The number of thiophene rings is 1. The summed E-state index contributed by atoms with van der Waals surface area (Å²) >= 11 is 6.98. The molecule has 1 aromatic carbocycles. The zero-order valence-corrected chi connectivity index (χ0v) is 16.5. The molecule has 0 fully saturated rings. The van der Waals surface area contributed by atoms with Crippen LogP contribution in [0.3, 0.4) is 0 Å². The first-order valence-corrected chi connectivity index (χ1v) is 10.7. The molecule has 1 aliphatic heterocycles. The van der Waals surface area contributed by atoms with Crippen LogP contribution in [0, 0.1) is 0 Å². The topological polar surface area (TPSA) is 96.4 Å². The van der Waals surface area contributed by atoms with Gasteiger partial charge in [-0.2, -0.15) is 0 Å². The lowest BCUT2D eigenvalue weighted by Gasteiger charge is -2.11. The van der Waals surface area contributed by atoms with Gasteiger partial charge in [-0.15, -0.1) is 11.3 Å². The monoisotopic (exact) mass is 433 g/mol. The van der Waals surface area contributed by atoms with E-state index in [0.717, 1.165) is 16.2 Å². The molecule has 0 bridgehead atoms. The number of nitrogens with zero attached hydrogens (tertiary/aromatic N) is 2. The molecule has 3 aromatic rings. The molecule has 3 heterocycles. The minimum Gasteiger partial charge on any atom is -0.277 e. The molecule has 0 saturated heterocycles. The van der Waals surface area contributed by atoms with Gasteiger partial charge in [-0.3, -0.25) is 24.2 Å². The van der Waals surface area contributed by atoms with Gasteiger partial charge < -0.3 is 0 Å². The molecule has 0 aliphatic carbocycles. The number of hydrogen-bond acceptors (Lipinski definition) is 6. The second-order valence-corrected chi connectivity index (χ2v) is 9.39. The third kappa shape index (κ3) is 3.28. The molecule has 7 nitrogen and oxygen atoms in total. The standard InChI is InChI=1S/C18H12ClN3O4S2/c19-13-5-1-2-6-14(13)21-28(25,26)15-8-7-11(27-15)10-22-17(23)12-4-3-9-20-16(12)18(22)24/h1-9,21H,10H2. The van der Waals surface area contributed by atoms with Gasteiger partial charge in [-0.1, -0.05) is 23.7 Å². The van der Waals surface area contributed by atoms with E-state index in [4.69, 9.17) is 11.6 Å². The van der Waals surface area contributed by atoms with Crippen LogP contribution in [-0.2, 0) is 16.6 Å². The fourth-order valence-electron chi connectivity index (χ4n) is 2.74. The van der Waals surface area contributed by atoms with Gasteiger partial charge in [0.25, 0.3) is 21.8 Å². The third-order valence-corrected chi connectivity index (χ3v) is 7.32. The van der Waals surface area contributed by atoms with Crippen LogP contribution in [-0.4, -0.2) is 30.1 Å². The van der Waals surface area contributed by atoms with Gasteiger partial charge >= 0.3 is 0 Å². The molecule has 4 rings (SSSR count). The van der Waals surface area contributed by atoms with Crippen molar-refractivity contribution in [3.05, 3.63) is 75.9 Å². The predicted molar refractivity (Wildman–Crippen MR) is 105 cm³/mol. The number of halogens is 1. The van der Waals surface area contributed by atoms with Gasteiger partial charge in [0, 0.05) is 11.1 Å². The average molecular weight is 434 g/mol. The van der Waals surface area contributed by atoms with E-state index in [9.17, 15) is 18.0 Å². The number of para-hydroxylation sites is 1. The van der Waals surface area contributed by atoms with Crippen molar-refractivity contribution in [1.82, 2.24) is 9.88 Å². The van der Waals surface area contributed by atoms with E-state index in [1.165, 1.54) is 12.3 Å². The highest BCUT2D eigenvalue weighted by atomic mass is 35.5. The Hall–Kier alpha value is -2.75. The number of anilines is 1. The molecule has 0 radical (unpaired) electrons. The molecule has 0 unspecified atom stereocenters. The highest BCUT2D eigenvalue weighted by Crippen LogP contribution is 2.29. The van der Waals surface area contributed by atoms with Crippen LogP contribution < -0.4 is 4.72 Å². The van der Waals surface area contributed by atoms with Crippen LogP contribution in [0.4, 0.5) is 5.69 Å². The highest BCUT2D eigenvalue weighted by Gasteiger charge is 2.36. The number of nitrogens with one attached hydrogen (secondary N) is 1. The summed E-state index contributed by atoms with van der Waals surface area (Å²) in [7, 11) is -3.85. The number of imide groups is 1. The van der Waals surface area contributed by atoms with Crippen molar-refractivity contribution in [2.45, 2.75) is 10.8 Å². The maximum atomic E-state index is 12.6. The number of fused-ring (bicyclic) bond motifs is 1. The van der Waals surface area contributed by atoms with Crippen LogP contribution in [0.15, 0.2) is 58.9 Å². The zero-order valence-electron chi connectivity index (χ0n) is 14.1. The summed E-state index contributed by atoms with van der Waals surface area (Å²) in [6.45, 7) is -0.0275. The van der Waals surface area contributed by atoms with Gasteiger partial charge in [0.05, 0.1) is 22.8 Å². The lowest BCUT2D eigenvalue weighted by atomic mass is 10.2. The van der Waals surface area contributed by atoms with E-state index in [1.807, 2.05) is 0 Å². The number of sulfonamides is 1. The van der Waals surface area contributed by atoms with Crippen molar-refractivity contribution in [2.75, 3.05) is 4.72 Å². The molecule has 1 aliphatic rings. The van der Waals surface area contributed by atoms with Crippen molar-refractivity contribution in [3.63, 3.8) is 0 Å². The van der Waals surface area contributed by atoms with E-state index < -0.39 is 21.8 Å². The zero-order chi connectivity index (χ0) is 19.9. The Morgan fingerprint density at radius 3 is 2.57 bits per heavy atom. The Morgan fingerprint density at radius 1 is 1.04 bits per heavy atom. The first-order valence-electron chi connectivity index (χ1n) is 8.04. The van der Waals surface area contributed by atoms with Gasteiger partial charge in [0.1, 0.15) is 9.90 Å². The number of aromatic nitrogens is 1. The Labute approximate surface area is 169 Å². The van der Waals surface area contributed by atoms with Crippen LogP contribution in [0.5, 0.6) is 0 Å². The lowest BCUT2D eigenvalue weighted by Crippen LogP contribution is -2.28. The summed E-state index contributed by atoms with van der Waals surface area (Å²) in [5.41, 5.74) is 0.625. The molecule has 0 saturated carbocycles. The SMILES string of the molecule is O=C1c2cccnc2C(=O)N1Cc1ccc(S(=O)(=O)Nc2ccccc2Cl)s1. The predicted octanol–water partition coefficient (Wildman–Crippen LogP) is 3.39. The number of amides is 2. The summed E-state index contributed by atoms with van der Waals surface area (Å²) in [5.74, 6) is -0.937. The molecule has 2 amide bonds. The molecule has 2 aromatic heterocycles. The molecule has 142 valence electrons. The van der Waals surface area contributed by atoms with Crippen molar-refractivity contribution in [2.24, 2.45) is 0 Å². The molecule has 28 heavy (non-hydrogen) atoms. The Morgan fingerprint density at radius 2 is 1.82 bits per heavy atom. The number of carbonyl (C=O) groups is 2. The fourth-order valence-corrected chi connectivity index (χ4v) is 5.40. The number of pyridine rings is 1. The van der Waals surface area contributed by atoms with Crippen molar-refractivity contribution >= 4 is 50.5 Å². The molecular formula is C18H12ClN3O4S2. The smallest absolute Gasteiger partial charge is 0.277 e. The summed E-state index contributed by atoms with van der Waals surface area (Å²) in [6.07, 6.45) is 1.45. The fraction of sp³-hybridized carbons (Fsp3) is 0.0556. The minimum absolute atomic E-state index is 0.0275. The second-order valence-electron chi connectivity index (χ2n) is 5.90. The van der Waals surface area contributed by atoms with E-state index >= 15 is 0 Å². The van der Waals surface area contributed by atoms with E-state index in [1.54, 1.807) is 42.5 Å². The Bertz CT molecular complexity index is 1170. The quantitative estimate of drug-likeness (QED) is 0.622. The van der Waals surface area contributed by atoms with Gasteiger partial charge in [-0.25, -0.2) is 8.42 Å². The van der Waals surface area contributed by atoms with Crippen LogP contribution in [0.25, 0.3) is 0 Å². The lowest BCUT2D eigenvalue weighted by molar-refractivity contribution is 0.0642. The first-order chi connectivity index (χ1) is 13.4. The minimum atomic E-state index is -3.85. The number of rotatable bonds is 5. The van der Waals surface area contributed by atoms with Crippen LogP contribution >= 0.6 is 22.9 Å². The Kier molecular flexibility index (Phi) is 4.66. The largest absolute Gasteiger partial charge is 0.280 e. The maximum Gasteiger partial charge on any atom is 0.280 e. The highest BCUT2D eigenvalue weighted by molar-refractivity contribution is 7.94. The average Bonchev–Trinajstić information content (AvgIpc) is 3.24. The molecule has 0 spiro atoms. The summed E-state index contributed by atoms with van der Waals surface area (Å²) < 4.78 is 27.7. The number of hydrogen-bond donors (Lipinski definition) is 1. The van der Waals surface area contributed by atoms with Gasteiger partial charge in [-0.05, 0) is 36.4 Å². The normalized spacial score (nSPS) is 13.7. The molecule has 10 heteroatoms. The first kappa shape index (κ1) is 18.6. The van der Waals surface area contributed by atoms with Crippen LogP contribution in [0.1, 0.15) is 25.7 Å². The van der Waals surface area contributed by atoms with Gasteiger partial charge in [0.2, 0.25) is 0 Å². The molecule has 1 N–H and O–H groups in total. The van der Waals surface area contributed by atoms with Crippen molar-refractivity contribution < 1.29 is 18.0 Å². The molecule has 0 atom stereocenters. The van der Waals surface area contributed by atoms with Crippen LogP contribution in [0.2, 0.25) is 5.02 Å². The second kappa shape index (κ2) is 7.01. The van der Waals surface area contributed by atoms with Crippen molar-refractivity contribution in [3.8, 4) is 0 Å². The maximum absolute atomic E-state index is 12.6. The van der Waals surface area contributed by atoms with E-state index in [0.29, 0.717) is 4.88 Å². The van der Waals surface area contributed by atoms with E-state index in [2.05, 4.69) is 9.71 Å². The summed E-state index contributed by atoms with van der Waals surface area (Å²) in [6, 6.07) is 12.6. The summed E-state index contributed by atoms with van der Waals surface area (Å²) in [5, 5.41) is 0.279. The summed E-state index contributed by atoms with van der Waals surface area (Å²) in [4.78, 5) is 30.4. The Balaban J connectivity index is 1.55. The molecular weight excluding hydrogens is 422 g/mol. The number of benzene rings is 1. The number of carbonyl (C=O) groups excluding carboxylic acids is 2. The third-order valence-electron chi connectivity index (χ3n) is 4.06. The van der Waals surface area contributed by atoms with E-state index in [-0.39, 0.29) is 32.7 Å². The van der Waals surface area contributed by atoms with Crippen molar-refractivity contribution in [1.29, 1.82) is 0 Å². The van der Waals surface area contributed by atoms with Gasteiger partial charge in [0.15, 0.2) is 0 Å².